The molecule has 0 aromatic heterocycles. The van der Waals surface area contributed by atoms with Crippen molar-refractivity contribution in [1.82, 2.24) is 0 Å². The van der Waals surface area contributed by atoms with Gasteiger partial charge in [-0.3, -0.25) is 0 Å². The Balaban J connectivity index is 0.00000192. The van der Waals surface area contributed by atoms with E-state index in [0.29, 0.717) is 0 Å². The first-order chi connectivity index (χ1) is 10.6. The van der Waals surface area contributed by atoms with Crippen molar-refractivity contribution < 1.29 is 5.48 Å². The molecule has 0 aliphatic heterocycles. The summed E-state index contributed by atoms with van der Waals surface area (Å²) in [6.45, 7) is 6.47. The molecule has 3 aromatic carbocycles. The van der Waals surface area contributed by atoms with Gasteiger partial charge < -0.3 is 5.48 Å². The zero-order chi connectivity index (χ0) is 15.5. The molecule has 3 rings (SSSR count). The summed E-state index contributed by atoms with van der Waals surface area (Å²) in [4.78, 5) is 0. The van der Waals surface area contributed by atoms with Crippen LogP contribution in [0.15, 0.2) is 72.8 Å². The Morgan fingerprint density at radius 3 is 0.870 bits per heavy atom. The first-order valence-corrected chi connectivity index (χ1v) is 12.0. The predicted octanol–water partition coefficient (Wildman–Crippen LogP) is 2.30. The van der Waals surface area contributed by atoms with E-state index in [0.717, 1.165) is 0 Å². The second-order valence-electron chi connectivity index (χ2n) is 5.97. The van der Waals surface area contributed by atoms with Crippen LogP contribution >= 0.6 is 0 Å². The van der Waals surface area contributed by atoms with Gasteiger partial charge in [-0.05, 0) is 0 Å². The van der Waals surface area contributed by atoms with E-state index < -0.39 is 19.8 Å². The summed E-state index contributed by atoms with van der Waals surface area (Å²) in [6.07, 6.45) is 0. The quantitative estimate of drug-likeness (QED) is 0.594. The van der Waals surface area contributed by atoms with Crippen molar-refractivity contribution in [3.8, 4) is 0 Å². The first-order valence-electron chi connectivity index (χ1n) is 7.71. The Bertz CT molecular complexity index is 635. The van der Waals surface area contributed by atoms with E-state index in [1.54, 1.807) is 10.7 Å². The second-order valence-corrected chi connectivity index (χ2v) is 13.1. The molecule has 0 heterocycles. The minimum Gasteiger partial charge on any atom is -0.412 e. The van der Waals surface area contributed by atoms with E-state index in [9.17, 15) is 0 Å². The standard InChI is InChI=1S/3C7H7.H2O.Sn/c3*1-7-5-3-2-4-6-7;;/h3*3-6H,1H3;1H2;. The topological polar surface area (TPSA) is 31.5 Å². The molecule has 0 unspecified atom stereocenters. The number of hydrogen-bond donors (Lipinski definition) is 0. The minimum atomic E-state index is -2.06. The summed E-state index contributed by atoms with van der Waals surface area (Å²) in [5.41, 5.74) is 4.00. The van der Waals surface area contributed by atoms with Gasteiger partial charge in [0.15, 0.2) is 0 Å². The van der Waals surface area contributed by atoms with Crippen LogP contribution in [0.4, 0.5) is 0 Å². The average Bonchev–Trinajstić information content (AvgIpc) is 2.53. The minimum absolute atomic E-state index is 0. The zero-order valence-corrected chi connectivity index (χ0v) is 16.8. The van der Waals surface area contributed by atoms with Gasteiger partial charge in [0.1, 0.15) is 0 Å². The molecule has 0 aliphatic carbocycles. The number of rotatable bonds is 3. The zero-order valence-electron chi connectivity index (χ0n) is 13.9. The molecule has 1 radical (unpaired) electrons. The van der Waals surface area contributed by atoms with Gasteiger partial charge in [0.25, 0.3) is 0 Å². The molecule has 0 atom stereocenters. The summed E-state index contributed by atoms with van der Waals surface area (Å²) in [6, 6.07) is 27.5. The first kappa shape index (κ1) is 17.8. The molecule has 0 saturated carbocycles. The third-order valence-corrected chi connectivity index (χ3v) is 11.8. The fourth-order valence-electron chi connectivity index (χ4n) is 2.66. The van der Waals surface area contributed by atoms with Crippen LogP contribution in [-0.4, -0.2) is 25.2 Å². The third-order valence-electron chi connectivity index (χ3n) is 4.02. The van der Waals surface area contributed by atoms with Gasteiger partial charge in [-0.1, -0.05) is 0 Å². The van der Waals surface area contributed by atoms with Crippen LogP contribution in [0, 0.1) is 20.8 Å². The largest absolute Gasteiger partial charge is 0.412 e. The van der Waals surface area contributed by atoms with E-state index in [4.69, 9.17) is 0 Å². The summed E-state index contributed by atoms with van der Waals surface area (Å²) in [7, 11) is 0. The Morgan fingerprint density at radius 1 is 0.435 bits per heavy atom. The van der Waals surface area contributed by atoms with Gasteiger partial charge >= 0.3 is 141 Å². The summed E-state index contributed by atoms with van der Waals surface area (Å²) < 4.78 is 4.63. The van der Waals surface area contributed by atoms with Crippen molar-refractivity contribution in [3.63, 3.8) is 0 Å². The predicted molar refractivity (Wildman–Crippen MR) is 102 cm³/mol. The van der Waals surface area contributed by atoms with Crippen LogP contribution < -0.4 is 10.7 Å². The van der Waals surface area contributed by atoms with Gasteiger partial charge in [0.2, 0.25) is 0 Å². The smallest absolute Gasteiger partial charge is 0.412 e. The van der Waals surface area contributed by atoms with E-state index in [-0.39, 0.29) is 5.48 Å². The molecule has 0 saturated heterocycles. The number of aryl methyl sites for hydroxylation is 3. The fraction of sp³-hybridized carbons (Fsp3) is 0.143. The second kappa shape index (κ2) is 7.80. The molecule has 1 nitrogen and oxygen atoms in total. The van der Waals surface area contributed by atoms with Crippen LogP contribution in [-0.2, 0) is 0 Å². The van der Waals surface area contributed by atoms with Crippen LogP contribution in [0.25, 0.3) is 0 Å². The van der Waals surface area contributed by atoms with Crippen molar-refractivity contribution in [2.45, 2.75) is 20.8 Å². The van der Waals surface area contributed by atoms with Crippen LogP contribution in [0.2, 0.25) is 0 Å². The maximum absolute atomic E-state index is 2.34. The van der Waals surface area contributed by atoms with Crippen molar-refractivity contribution in [2.75, 3.05) is 0 Å². The molecular weight excluding hydrogens is 387 g/mol. The van der Waals surface area contributed by atoms with Gasteiger partial charge in [0, 0.05) is 0 Å². The number of benzene rings is 3. The van der Waals surface area contributed by atoms with Gasteiger partial charge in [-0.2, -0.15) is 0 Å². The Morgan fingerprint density at radius 2 is 0.652 bits per heavy atom. The maximum Gasteiger partial charge on any atom is -0.412 e. The van der Waals surface area contributed by atoms with E-state index in [2.05, 4.69) is 93.6 Å². The SMILES string of the molecule is Cc1cc[c]([Sn]([c]2ccc(C)cc2)[c]2ccc(C)cc2)cc1.O. The van der Waals surface area contributed by atoms with Crippen molar-refractivity contribution in [1.29, 1.82) is 0 Å². The molecular formula is C21H23OSn. The Hall–Kier alpha value is -1.58. The molecule has 2 N–H and O–H groups in total. The van der Waals surface area contributed by atoms with Crippen molar-refractivity contribution >= 4 is 30.5 Å². The van der Waals surface area contributed by atoms with Crippen LogP contribution in [0.5, 0.6) is 0 Å². The Labute approximate surface area is 146 Å². The van der Waals surface area contributed by atoms with Gasteiger partial charge in [0.05, 0.1) is 0 Å². The molecule has 117 valence electrons. The van der Waals surface area contributed by atoms with E-state index >= 15 is 0 Å². The average molecular weight is 410 g/mol. The summed E-state index contributed by atoms with van der Waals surface area (Å²) >= 11 is -2.06. The Kier molecular flexibility index (Phi) is 6.03. The molecule has 23 heavy (non-hydrogen) atoms. The van der Waals surface area contributed by atoms with Crippen molar-refractivity contribution in [3.05, 3.63) is 89.5 Å². The molecule has 3 aromatic rings. The maximum atomic E-state index is 2.34. The molecule has 2 heteroatoms. The molecule has 0 amide bonds. The van der Waals surface area contributed by atoms with Crippen molar-refractivity contribution in [2.24, 2.45) is 0 Å². The van der Waals surface area contributed by atoms with E-state index in [1.807, 2.05) is 0 Å². The van der Waals surface area contributed by atoms with Gasteiger partial charge in [-0.15, -0.1) is 0 Å². The van der Waals surface area contributed by atoms with Crippen LogP contribution in [0.3, 0.4) is 0 Å². The monoisotopic (exact) mass is 411 g/mol. The normalized spacial score (nSPS) is 10.4. The van der Waals surface area contributed by atoms with E-state index in [1.165, 1.54) is 16.7 Å². The molecule has 0 fully saturated rings. The summed E-state index contributed by atoms with van der Waals surface area (Å²) in [5.74, 6) is 0. The molecule has 0 spiro atoms. The third kappa shape index (κ3) is 4.24. The number of hydrogen-bond acceptors (Lipinski definition) is 0. The molecule has 0 bridgehead atoms. The fourth-order valence-corrected chi connectivity index (χ4v) is 9.80. The molecule has 0 aliphatic rings. The van der Waals surface area contributed by atoms with Gasteiger partial charge in [-0.25, -0.2) is 0 Å². The summed E-state index contributed by atoms with van der Waals surface area (Å²) in [5, 5.41) is 0. The van der Waals surface area contributed by atoms with Crippen LogP contribution in [0.1, 0.15) is 16.7 Å².